The van der Waals surface area contributed by atoms with Crippen LogP contribution in [0.5, 0.6) is 11.5 Å². The second-order valence-electron chi connectivity index (χ2n) is 5.33. The molecular weight excluding hydrogens is 246 g/mol. The zero-order valence-electron chi connectivity index (χ0n) is 12.1. The van der Waals surface area contributed by atoms with E-state index in [1.54, 1.807) is 25.3 Å². The van der Waals surface area contributed by atoms with Crippen LogP contribution in [0.25, 0.3) is 0 Å². The SMILES string of the molecule is COc1ccc(NC(=O)OCC(C)(C)C)c(OC)c1. The lowest BCUT2D eigenvalue weighted by molar-refractivity contribution is 0.118. The predicted molar refractivity (Wildman–Crippen MR) is 74.0 cm³/mol. The lowest BCUT2D eigenvalue weighted by atomic mass is 9.99. The molecule has 0 aliphatic rings. The molecule has 0 aromatic heterocycles. The Labute approximate surface area is 113 Å². The van der Waals surface area contributed by atoms with Crippen molar-refractivity contribution in [2.45, 2.75) is 20.8 Å². The standard InChI is InChI=1S/C14H21NO4/c1-14(2,3)9-19-13(16)15-11-7-6-10(17-4)8-12(11)18-5/h6-8H,9H2,1-5H3,(H,15,16). The number of methoxy groups -OCH3 is 2. The van der Waals surface area contributed by atoms with E-state index in [9.17, 15) is 4.79 Å². The Morgan fingerprint density at radius 3 is 2.42 bits per heavy atom. The molecule has 0 radical (unpaired) electrons. The molecule has 0 aliphatic heterocycles. The lowest BCUT2D eigenvalue weighted by Crippen LogP contribution is -2.22. The Kier molecular flexibility index (Phi) is 5.03. The first-order valence-electron chi connectivity index (χ1n) is 6.01. The largest absolute Gasteiger partial charge is 0.497 e. The Morgan fingerprint density at radius 1 is 1.21 bits per heavy atom. The van der Waals surface area contributed by atoms with E-state index in [1.165, 1.54) is 7.11 Å². The zero-order valence-corrected chi connectivity index (χ0v) is 12.1. The van der Waals surface area contributed by atoms with Gasteiger partial charge in [0.2, 0.25) is 0 Å². The van der Waals surface area contributed by atoms with Crippen molar-refractivity contribution in [2.75, 3.05) is 26.1 Å². The molecule has 5 heteroatoms. The first-order chi connectivity index (χ1) is 8.85. The van der Waals surface area contributed by atoms with E-state index in [1.807, 2.05) is 20.8 Å². The first-order valence-corrected chi connectivity index (χ1v) is 6.01. The molecule has 0 heterocycles. The van der Waals surface area contributed by atoms with Gasteiger partial charge in [-0.3, -0.25) is 5.32 Å². The third-order valence-corrected chi connectivity index (χ3v) is 2.28. The van der Waals surface area contributed by atoms with Gasteiger partial charge in [-0.15, -0.1) is 0 Å². The van der Waals surface area contributed by atoms with Crippen molar-refractivity contribution in [3.63, 3.8) is 0 Å². The van der Waals surface area contributed by atoms with Crippen LogP contribution in [-0.2, 0) is 4.74 Å². The first kappa shape index (κ1) is 15.1. The van der Waals surface area contributed by atoms with Gasteiger partial charge in [0.15, 0.2) is 0 Å². The highest BCUT2D eigenvalue weighted by atomic mass is 16.5. The fourth-order valence-corrected chi connectivity index (χ4v) is 1.33. The number of carbonyl (C=O) groups excluding carboxylic acids is 1. The van der Waals surface area contributed by atoms with Gasteiger partial charge in [-0.05, 0) is 17.5 Å². The Bertz CT molecular complexity index is 438. The van der Waals surface area contributed by atoms with Gasteiger partial charge in [0.25, 0.3) is 0 Å². The molecule has 0 fully saturated rings. The Hall–Kier alpha value is -1.91. The molecule has 1 rings (SSSR count). The van der Waals surface area contributed by atoms with Gasteiger partial charge in [0.1, 0.15) is 11.5 Å². The summed E-state index contributed by atoms with van der Waals surface area (Å²) in [6.07, 6.45) is -0.501. The van der Waals surface area contributed by atoms with Crippen LogP contribution < -0.4 is 14.8 Å². The van der Waals surface area contributed by atoms with E-state index < -0.39 is 6.09 Å². The van der Waals surface area contributed by atoms with Crippen LogP contribution >= 0.6 is 0 Å². The number of amides is 1. The minimum absolute atomic E-state index is 0.0681. The van der Waals surface area contributed by atoms with Crippen LogP contribution in [0.3, 0.4) is 0 Å². The summed E-state index contributed by atoms with van der Waals surface area (Å²) in [5, 5.41) is 2.64. The highest BCUT2D eigenvalue weighted by Gasteiger charge is 2.15. The van der Waals surface area contributed by atoms with E-state index in [-0.39, 0.29) is 5.41 Å². The molecule has 0 saturated carbocycles. The number of rotatable bonds is 4. The lowest BCUT2D eigenvalue weighted by Gasteiger charge is -2.18. The van der Waals surface area contributed by atoms with Crippen LogP contribution in [0.1, 0.15) is 20.8 Å². The van der Waals surface area contributed by atoms with E-state index in [0.29, 0.717) is 23.8 Å². The molecule has 0 bridgehead atoms. The van der Waals surface area contributed by atoms with Gasteiger partial charge in [-0.25, -0.2) is 4.79 Å². The number of benzene rings is 1. The molecule has 1 amide bonds. The Morgan fingerprint density at radius 2 is 1.89 bits per heavy atom. The van der Waals surface area contributed by atoms with Crippen molar-refractivity contribution >= 4 is 11.8 Å². The average molecular weight is 267 g/mol. The number of nitrogens with one attached hydrogen (secondary N) is 1. The van der Waals surface area contributed by atoms with Crippen molar-refractivity contribution < 1.29 is 19.0 Å². The normalized spacial score (nSPS) is 10.8. The van der Waals surface area contributed by atoms with Gasteiger partial charge < -0.3 is 14.2 Å². The van der Waals surface area contributed by atoms with E-state index in [4.69, 9.17) is 14.2 Å². The molecule has 1 aromatic carbocycles. The molecule has 19 heavy (non-hydrogen) atoms. The minimum atomic E-state index is -0.501. The average Bonchev–Trinajstić information content (AvgIpc) is 2.36. The van der Waals surface area contributed by atoms with Crippen molar-refractivity contribution in [2.24, 2.45) is 5.41 Å². The van der Waals surface area contributed by atoms with Crippen LogP contribution in [0.4, 0.5) is 10.5 Å². The maximum absolute atomic E-state index is 11.7. The zero-order chi connectivity index (χ0) is 14.5. The maximum atomic E-state index is 11.7. The summed E-state index contributed by atoms with van der Waals surface area (Å²) >= 11 is 0. The second-order valence-corrected chi connectivity index (χ2v) is 5.33. The molecule has 0 spiro atoms. The van der Waals surface area contributed by atoms with Gasteiger partial charge >= 0.3 is 6.09 Å². The van der Waals surface area contributed by atoms with Gasteiger partial charge in [-0.2, -0.15) is 0 Å². The van der Waals surface area contributed by atoms with E-state index >= 15 is 0 Å². The number of carbonyl (C=O) groups is 1. The number of hydrogen-bond acceptors (Lipinski definition) is 4. The molecule has 0 saturated heterocycles. The summed E-state index contributed by atoms with van der Waals surface area (Å²) in [4.78, 5) is 11.7. The van der Waals surface area contributed by atoms with Crippen molar-refractivity contribution in [3.8, 4) is 11.5 Å². The maximum Gasteiger partial charge on any atom is 0.411 e. The summed E-state index contributed by atoms with van der Waals surface area (Å²) in [7, 11) is 3.10. The van der Waals surface area contributed by atoms with E-state index in [2.05, 4.69) is 5.32 Å². The van der Waals surface area contributed by atoms with E-state index in [0.717, 1.165) is 0 Å². The third kappa shape index (κ3) is 5.07. The van der Waals surface area contributed by atoms with Gasteiger partial charge in [0, 0.05) is 6.07 Å². The summed E-state index contributed by atoms with van der Waals surface area (Å²) in [6, 6.07) is 5.14. The molecule has 0 atom stereocenters. The molecule has 1 aromatic rings. The van der Waals surface area contributed by atoms with Crippen LogP contribution in [0.2, 0.25) is 0 Å². The van der Waals surface area contributed by atoms with Crippen molar-refractivity contribution in [3.05, 3.63) is 18.2 Å². The second kappa shape index (κ2) is 6.31. The van der Waals surface area contributed by atoms with Crippen LogP contribution in [0, 0.1) is 5.41 Å². The van der Waals surface area contributed by atoms with Crippen molar-refractivity contribution in [1.82, 2.24) is 0 Å². The molecule has 0 aliphatic carbocycles. The Balaban J connectivity index is 2.68. The van der Waals surface area contributed by atoms with Crippen LogP contribution in [0.15, 0.2) is 18.2 Å². The van der Waals surface area contributed by atoms with Gasteiger partial charge in [0.05, 0.1) is 26.5 Å². The van der Waals surface area contributed by atoms with Crippen LogP contribution in [-0.4, -0.2) is 26.9 Å². The van der Waals surface area contributed by atoms with Gasteiger partial charge in [-0.1, -0.05) is 20.8 Å². The molecule has 5 nitrogen and oxygen atoms in total. The molecule has 1 N–H and O–H groups in total. The topological polar surface area (TPSA) is 56.8 Å². The summed E-state index contributed by atoms with van der Waals surface area (Å²) < 4.78 is 15.4. The fourth-order valence-electron chi connectivity index (χ4n) is 1.33. The number of anilines is 1. The predicted octanol–water partition coefficient (Wildman–Crippen LogP) is 3.30. The third-order valence-electron chi connectivity index (χ3n) is 2.28. The molecule has 0 unspecified atom stereocenters. The summed E-state index contributed by atoms with van der Waals surface area (Å²) in [6.45, 7) is 6.33. The number of hydrogen-bond donors (Lipinski definition) is 1. The smallest absolute Gasteiger partial charge is 0.411 e. The summed E-state index contributed by atoms with van der Waals surface area (Å²) in [5.41, 5.74) is 0.476. The summed E-state index contributed by atoms with van der Waals surface area (Å²) in [5.74, 6) is 1.18. The minimum Gasteiger partial charge on any atom is -0.497 e. The van der Waals surface area contributed by atoms with Crippen molar-refractivity contribution in [1.29, 1.82) is 0 Å². The highest BCUT2D eigenvalue weighted by molar-refractivity contribution is 5.86. The molecule has 106 valence electrons. The number of ether oxygens (including phenoxy) is 3. The monoisotopic (exact) mass is 267 g/mol. The quantitative estimate of drug-likeness (QED) is 0.909. The fraction of sp³-hybridized carbons (Fsp3) is 0.500. The highest BCUT2D eigenvalue weighted by Crippen LogP contribution is 2.29. The molecular formula is C14H21NO4.